The lowest BCUT2D eigenvalue weighted by molar-refractivity contribution is -0.350. The molecule has 0 bridgehead atoms. The van der Waals surface area contributed by atoms with Crippen LogP contribution in [0.25, 0.3) is 0 Å². The number of hydrogen-bond acceptors (Lipinski definition) is 5. The van der Waals surface area contributed by atoms with Gasteiger partial charge in [-0.05, 0) is 31.4 Å². The van der Waals surface area contributed by atoms with Crippen LogP contribution < -0.4 is 0 Å². The minimum absolute atomic E-state index is 0.0286. The zero-order chi connectivity index (χ0) is 19.9. The van der Waals surface area contributed by atoms with Crippen LogP contribution in [0.3, 0.4) is 0 Å². The van der Waals surface area contributed by atoms with Crippen molar-refractivity contribution in [3.63, 3.8) is 0 Å². The van der Waals surface area contributed by atoms with Gasteiger partial charge in [0.15, 0.2) is 11.4 Å². The molecule has 27 heavy (non-hydrogen) atoms. The van der Waals surface area contributed by atoms with E-state index in [1.165, 1.54) is 6.92 Å². The molecule has 0 amide bonds. The Bertz CT molecular complexity index is 764. The Balaban J connectivity index is 2.52. The minimum atomic E-state index is -1.49. The molecule has 144 valence electrons. The maximum Gasteiger partial charge on any atom is 0.202 e. The molecule has 2 aromatic carbocycles. The second kappa shape index (κ2) is 9.55. The summed E-state index contributed by atoms with van der Waals surface area (Å²) in [5.74, 6) is -0.371. The van der Waals surface area contributed by atoms with E-state index in [2.05, 4.69) is 0 Å². The van der Waals surface area contributed by atoms with E-state index in [0.717, 1.165) is 12.0 Å². The van der Waals surface area contributed by atoms with Gasteiger partial charge in [0.05, 0.1) is 6.61 Å². The van der Waals surface area contributed by atoms with E-state index >= 15 is 0 Å². The maximum atomic E-state index is 13.4. The smallest absolute Gasteiger partial charge is 0.202 e. The number of aliphatic hydroxyl groups excluding tert-OH is 1. The van der Waals surface area contributed by atoms with Crippen molar-refractivity contribution < 1.29 is 24.5 Å². The lowest BCUT2D eigenvalue weighted by Crippen LogP contribution is -2.40. The van der Waals surface area contributed by atoms with E-state index in [0.29, 0.717) is 16.7 Å². The molecular formula is C22H26O5. The van der Waals surface area contributed by atoms with Crippen molar-refractivity contribution in [1.29, 1.82) is 0 Å². The van der Waals surface area contributed by atoms with Gasteiger partial charge in [0.25, 0.3) is 0 Å². The molecular weight excluding hydrogens is 344 g/mol. The summed E-state index contributed by atoms with van der Waals surface area (Å²) in [5, 5.41) is 9.64. The molecule has 1 unspecified atom stereocenters. The predicted octanol–water partition coefficient (Wildman–Crippen LogP) is 3.88. The molecule has 0 aliphatic heterocycles. The fourth-order valence-electron chi connectivity index (χ4n) is 2.93. The fraction of sp³-hybridized carbons (Fsp3) is 0.364. The van der Waals surface area contributed by atoms with Gasteiger partial charge in [0.1, 0.15) is 0 Å². The third-order valence-corrected chi connectivity index (χ3v) is 4.53. The first-order valence-electron chi connectivity index (χ1n) is 9.15. The molecule has 0 heterocycles. The van der Waals surface area contributed by atoms with Gasteiger partial charge in [-0.3, -0.25) is 9.59 Å². The molecule has 5 heteroatoms. The highest BCUT2D eigenvalue weighted by molar-refractivity contribution is 6.03. The number of Topliss-reactive ketones (excluding diaryl/α,β-unsaturated/α-hetero) is 2. The number of aryl methyl sites for hydroxylation is 1. The van der Waals surface area contributed by atoms with Gasteiger partial charge in [0.2, 0.25) is 5.78 Å². The highest BCUT2D eigenvalue weighted by atomic mass is 17.2. The van der Waals surface area contributed by atoms with Crippen LogP contribution in [0, 0.1) is 0 Å². The first-order valence-corrected chi connectivity index (χ1v) is 9.15. The normalized spacial score (nSPS) is 13.2. The Labute approximate surface area is 159 Å². The number of aliphatic hydroxyl groups is 1. The third-order valence-electron chi connectivity index (χ3n) is 4.53. The Morgan fingerprint density at radius 3 is 2.04 bits per heavy atom. The number of rotatable bonds is 10. The molecule has 1 atom stereocenters. The van der Waals surface area contributed by atoms with Crippen LogP contribution in [0.15, 0.2) is 48.5 Å². The van der Waals surface area contributed by atoms with Crippen LogP contribution in [0.1, 0.15) is 59.0 Å². The summed E-state index contributed by atoms with van der Waals surface area (Å²) in [5.41, 5.74) is 1.16. The van der Waals surface area contributed by atoms with Crippen LogP contribution in [0.4, 0.5) is 0 Å². The minimum Gasteiger partial charge on any atom is -0.396 e. The molecule has 0 aromatic heterocycles. The van der Waals surface area contributed by atoms with Gasteiger partial charge in [-0.25, -0.2) is 9.78 Å². The summed E-state index contributed by atoms with van der Waals surface area (Å²) in [6.45, 7) is 5.26. The van der Waals surface area contributed by atoms with E-state index in [9.17, 15) is 14.7 Å². The number of carbonyl (C=O) groups excluding carboxylic acids is 2. The molecule has 2 rings (SSSR count). The van der Waals surface area contributed by atoms with Crippen LogP contribution in [-0.4, -0.2) is 29.9 Å². The van der Waals surface area contributed by atoms with Crippen LogP contribution >= 0.6 is 0 Å². The van der Waals surface area contributed by atoms with E-state index < -0.39 is 5.60 Å². The predicted molar refractivity (Wildman–Crippen MR) is 103 cm³/mol. The first-order chi connectivity index (χ1) is 13.0. The largest absolute Gasteiger partial charge is 0.396 e. The maximum absolute atomic E-state index is 13.4. The standard InChI is InChI=1S/C22H26O5/c1-4-17-6-8-19(9-7-17)21(25)22(14-15-23,27-26-5-2)20-12-10-18(11-13-20)16(3)24/h6-13,23H,4-5,14-15H2,1-3H3. The lowest BCUT2D eigenvalue weighted by atomic mass is 9.82. The van der Waals surface area contributed by atoms with Gasteiger partial charge < -0.3 is 5.11 Å². The molecule has 0 radical (unpaired) electrons. The monoisotopic (exact) mass is 370 g/mol. The van der Waals surface area contributed by atoms with Crippen LogP contribution in [0.5, 0.6) is 0 Å². The Morgan fingerprint density at radius 2 is 1.56 bits per heavy atom. The molecule has 0 aliphatic carbocycles. The molecule has 1 N–H and O–H groups in total. The Kier molecular flexibility index (Phi) is 7.42. The van der Waals surface area contributed by atoms with Crippen molar-refractivity contribution in [2.45, 2.75) is 39.2 Å². The summed E-state index contributed by atoms with van der Waals surface area (Å²) < 4.78 is 0. The highest BCUT2D eigenvalue weighted by Gasteiger charge is 2.43. The average Bonchev–Trinajstić information content (AvgIpc) is 2.71. The zero-order valence-electron chi connectivity index (χ0n) is 16.0. The van der Waals surface area contributed by atoms with Gasteiger partial charge in [-0.15, -0.1) is 0 Å². The fourth-order valence-corrected chi connectivity index (χ4v) is 2.93. The molecule has 0 aliphatic rings. The van der Waals surface area contributed by atoms with Crippen molar-refractivity contribution in [3.05, 3.63) is 70.8 Å². The quantitative estimate of drug-likeness (QED) is 0.390. The second-order valence-corrected chi connectivity index (χ2v) is 6.30. The van der Waals surface area contributed by atoms with Crippen molar-refractivity contribution >= 4 is 11.6 Å². The SMILES string of the molecule is CCOOC(CCO)(C(=O)c1ccc(CC)cc1)c1ccc(C(C)=O)cc1. The van der Waals surface area contributed by atoms with Crippen molar-refractivity contribution in [3.8, 4) is 0 Å². The first kappa shape index (κ1) is 21.0. The molecule has 0 saturated carbocycles. The van der Waals surface area contributed by atoms with E-state index in [-0.39, 0.29) is 31.2 Å². The number of ketones is 2. The number of benzene rings is 2. The van der Waals surface area contributed by atoms with Crippen LogP contribution in [0.2, 0.25) is 0 Å². The molecule has 5 nitrogen and oxygen atoms in total. The lowest BCUT2D eigenvalue weighted by Gasteiger charge is -2.31. The second-order valence-electron chi connectivity index (χ2n) is 6.30. The molecule has 0 saturated heterocycles. The summed E-state index contributed by atoms with van der Waals surface area (Å²) in [6.07, 6.45) is 0.902. The number of hydrogen-bond donors (Lipinski definition) is 1. The highest BCUT2D eigenvalue weighted by Crippen LogP contribution is 2.34. The topological polar surface area (TPSA) is 72.8 Å². The van der Waals surface area contributed by atoms with Crippen LogP contribution in [-0.2, 0) is 21.8 Å². The van der Waals surface area contributed by atoms with E-state index in [1.807, 2.05) is 19.1 Å². The Hall–Kier alpha value is -2.34. The van der Waals surface area contributed by atoms with Crippen molar-refractivity contribution in [1.82, 2.24) is 0 Å². The van der Waals surface area contributed by atoms with Crippen molar-refractivity contribution in [2.75, 3.05) is 13.2 Å². The molecule has 2 aromatic rings. The van der Waals surface area contributed by atoms with Gasteiger partial charge in [0, 0.05) is 24.2 Å². The summed E-state index contributed by atoms with van der Waals surface area (Å²) >= 11 is 0. The average molecular weight is 370 g/mol. The summed E-state index contributed by atoms with van der Waals surface area (Å²) in [4.78, 5) is 35.7. The van der Waals surface area contributed by atoms with E-state index in [1.54, 1.807) is 43.3 Å². The molecule has 0 fully saturated rings. The van der Waals surface area contributed by atoms with E-state index in [4.69, 9.17) is 9.78 Å². The van der Waals surface area contributed by atoms with Gasteiger partial charge in [-0.1, -0.05) is 55.5 Å². The number of carbonyl (C=O) groups is 2. The summed E-state index contributed by atoms with van der Waals surface area (Å²) in [6, 6.07) is 13.9. The van der Waals surface area contributed by atoms with Gasteiger partial charge in [-0.2, -0.15) is 0 Å². The zero-order valence-corrected chi connectivity index (χ0v) is 16.0. The van der Waals surface area contributed by atoms with Gasteiger partial charge >= 0.3 is 0 Å². The molecule has 0 spiro atoms. The van der Waals surface area contributed by atoms with Crippen molar-refractivity contribution in [2.24, 2.45) is 0 Å². The summed E-state index contributed by atoms with van der Waals surface area (Å²) in [7, 11) is 0. The third kappa shape index (κ3) is 4.69. The Morgan fingerprint density at radius 1 is 0.963 bits per heavy atom.